The Labute approximate surface area is 84.5 Å². The van der Waals surface area contributed by atoms with E-state index in [9.17, 15) is 9.90 Å². The first-order chi connectivity index (χ1) is 6.54. The lowest BCUT2D eigenvalue weighted by atomic mass is 9.96. The average molecular weight is 201 g/mol. The fourth-order valence-electron chi connectivity index (χ4n) is 2.12. The van der Waals surface area contributed by atoms with E-state index in [1.807, 2.05) is 4.90 Å². The minimum Gasteiger partial charge on any atom is -0.480 e. The summed E-state index contributed by atoms with van der Waals surface area (Å²) < 4.78 is 0. The van der Waals surface area contributed by atoms with Gasteiger partial charge in [-0.2, -0.15) is 0 Å². The molecule has 1 rings (SSSR count). The van der Waals surface area contributed by atoms with Crippen molar-refractivity contribution in [3.05, 3.63) is 0 Å². The van der Waals surface area contributed by atoms with Crippen molar-refractivity contribution < 1.29 is 15.0 Å². The monoisotopic (exact) mass is 201 g/mol. The molecule has 0 amide bonds. The second-order valence-corrected chi connectivity index (χ2v) is 4.06. The molecular formula is C10H19NO3. The first-order valence-corrected chi connectivity index (χ1v) is 5.20. The van der Waals surface area contributed by atoms with E-state index in [-0.39, 0.29) is 6.04 Å². The van der Waals surface area contributed by atoms with Crippen LogP contribution in [0.4, 0.5) is 0 Å². The molecule has 0 saturated carbocycles. The molecular weight excluding hydrogens is 182 g/mol. The number of aliphatic hydroxyl groups is 1. The van der Waals surface area contributed by atoms with E-state index < -0.39 is 18.1 Å². The van der Waals surface area contributed by atoms with Gasteiger partial charge in [0.05, 0.1) is 6.10 Å². The Morgan fingerprint density at radius 1 is 1.43 bits per heavy atom. The highest BCUT2D eigenvalue weighted by Gasteiger charge is 2.32. The molecule has 1 aliphatic rings. The van der Waals surface area contributed by atoms with Crippen LogP contribution in [-0.4, -0.2) is 45.8 Å². The highest BCUT2D eigenvalue weighted by atomic mass is 16.4. The number of hydrogen-bond acceptors (Lipinski definition) is 3. The van der Waals surface area contributed by atoms with Crippen LogP contribution >= 0.6 is 0 Å². The van der Waals surface area contributed by atoms with E-state index >= 15 is 0 Å². The minimum absolute atomic E-state index is 0.00912. The summed E-state index contributed by atoms with van der Waals surface area (Å²) in [4.78, 5) is 12.7. The first kappa shape index (κ1) is 11.5. The molecule has 0 aromatic carbocycles. The number of piperidine rings is 1. The third kappa shape index (κ3) is 2.45. The first-order valence-electron chi connectivity index (χ1n) is 5.20. The number of hydrogen-bond donors (Lipinski definition) is 2. The number of rotatable bonds is 3. The van der Waals surface area contributed by atoms with E-state index in [0.29, 0.717) is 0 Å². The van der Waals surface area contributed by atoms with Crippen LogP contribution in [0.3, 0.4) is 0 Å². The topological polar surface area (TPSA) is 60.8 Å². The maximum atomic E-state index is 10.8. The number of carboxylic acids is 1. The van der Waals surface area contributed by atoms with E-state index in [1.165, 1.54) is 0 Å². The molecule has 1 aliphatic heterocycles. The Kier molecular flexibility index (Phi) is 3.89. The van der Waals surface area contributed by atoms with Gasteiger partial charge in [-0.1, -0.05) is 6.42 Å². The van der Waals surface area contributed by atoms with Crippen molar-refractivity contribution >= 4 is 5.97 Å². The van der Waals surface area contributed by atoms with Crippen LogP contribution < -0.4 is 0 Å². The third-order valence-corrected chi connectivity index (χ3v) is 3.00. The molecule has 4 nitrogen and oxygen atoms in total. The zero-order chi connectivity index (χ0) is 10.7. The SMILES string of the molecule is C[C@H](O)[C@@H]1CCCCN1[C@H](C)C(=O)O. The van der Waals surface area contributed by atoms with Crippen molar-refractivity contribution in [1.82, 2.24) is 4.90 Å². The zero-order valence-electron chi connectivity index (χ0n) is 8.81. The van der Waals surface area contributed by atoms with E-state index in [2.05, 4.69) is 0 Å². The molecule has 0 aliphatic carbocycles. The van der Waals surface area contributed by atoms with E-state index in [4.69, 9.17) is 5.11 Å². The summed E-state index contributed by atoms with van der Waals surface area (Å²) in [5.74, 6) is -0.808. The summed E-state index contributed by atoms with van der Waals surface area (Å²) in [6, 6.07) is -0.482. The van der Waals surface area contributed by atoms with Gasteiger partial charge in [-0.3, -0.25) is 9.69 Å². The summed E-state index contributed by atoms with van der Waals surface area (Å²) in [6.45, 7) is 4.20. The summed E-state index contributed by atoms with van der Waals surface area (Å²) in [6.07, 6.45) is 2.56. The number of carbonyl (C=O) groups is 1. The summed E-state index contributed by atoms with van der Waals surface area (Å²) >= 11 is 0. The number of aliphatic carboxylic acids is 1. The zero-order valence-corrected chi connectivity index (χ0v) is 8.81. The molecule has 1 fully saturated rings. The Balaban J connectivity index is 2.67. The molecule has 0 aromatic heterocycles. The summed E-state index contributed by atoms with van der Waals surface area (Å²) in [7, 11) is 0. The standard InChI is InChI=1S/C10H19NO3/c1-7(10(13)14)11-6-4-3-5-9(11)8(2)12/h7-9,12H,3-6H2,1-2H3,(H,13,14)/t7-,8+,9+/m1/s1. The maximum absolute atomic E-state index is 10.8. The van der Waals surface area contributed by atoms with Crippen LogP contribution in [0.5, 0.6) is 0 Å². The van der Waals surface area contributed by atoms with Gasteiger partial charge in [-0.25, -0.2) is 0 Å². The fraction of sp³-hybridized carbons (Fsp3) is 0.900. The molecule has 3 atom stereocenters. The number of likely N-dealkylation sites (tertiary alicyclic amines) is 1. The van der Waals surface area contributed by atoms with Gasteiger partial charge in [-0.05, 0) is 33.2 Å². The number of aliphatic hydroxyl groups excluding tert-OH is 1. The molecule has 0 aromatic rings. The molecule has 14 heavy (non-hydrogen) atoms. The molecule has 0 spiro atoms. The van der Waals surface area contributed by atoms with Crippen molar-refractivity contribution in [3.63, 3.8) is 0 Å². The van der Waals surface area contributed by atoms with Gasteiger partial charge < -0.3 is 10.2 Å². The highest BCUT2D eigenvalue weighted by molar-refractivity contribution is 5.72. The van der Waals surface area contributed by atoms with Gasteiger partial charge in [0.25, 0.3) is 0 Å². The van der Waals surface area contributed by atoms with Crippen molar-refractivity contribution in [2.45, 2.75) is 51.3 Å². The van der Waals surface area contributed by atoms with Crippen LogP contribution in [-0.2, 0) is 4.79 Å². The molecule has 4 heteroatoms. The van der Waals surface area contributed by atoms with Gasteiger partial charge in [0.1, 0.15) is 6.04 Å². The van der Waals surface area contributed by atoms with Crippen LogP contribution in [0.25, 0.3) is 0 Å². The lowest BCUT2D eigenvalue weighted by Crippen LogP contribution is -2.52. The minimum atomic E-state index is -0.808. The average Bonchev–Trinajstić information content (AvgIpc) is 2.16. The third-order valence-electron chi connectivity index (χ3n) is 3.00. The largest absolute Gasteiger partial charge is 0.480 e. The second-order valence-electron chi connectivity index (χ2n) is 4.06. The summed E-state index contributed by atoms with van der Waals surface area (Å²) in [5.41, 5.74) is 0. The van der Waals surface area contributed by atoms with Crippen LogP contribution in [0, 0.1) is 0 Å². The molecule has 0 radical (unpaired) electrons. The van der Waals surface area contributed by atoms with Crippen LogP contribution in [0.1, 0.15) is 33.1 Å². The van der Waals surface area contributed by atoms with Crippen molar-refractivity contribution in [2.24, 2.45) is 0 Å². The fourth-order valence-corrected chi connectivity index (χ4v) is 2.12. The molecule has 1 saturated heterocycles. The molecule has 82 valence electrons. The van der Waals surface area contributed by atoms with Crippen LogP contribution in [0.15, 0.2) is 0 Å². The van der Waals surface area contributed by atoms with Crippen LogP contribution in [0.2, 0.25) is 0 Å². The van der Waals surface area contributed by atoms with Crippen molar-refractivity contribution in [3.8, 4) is 0 Å². The second kappa shape index (κ2) is 4.75. The smallest absolute Gasteiger partial charge is 0.320 e. The maximum Gasteiger partial charge on any atom is 0.320 e. The molecule has 1 heterocycles. The highest BCUT2D eigenvalue weighted by Crippen LogP contribution is 2.22. The Morgan fingerprint density at radius 3 is 2.57 bits per heavy atom. The Hall–Kier alpha value is -0.610. The Bertz CT molecular complexity index is 206. The van der Waals surface area contributed by atoms with Crippen molar-refractivity contribution in [1.29, 1.82) is 0 Å². The van der Waals surface area contributed by atoms with Gasteiger partial charge in [0, 0.05) is 6.04 Å². The summed E-state index contributed by atoms with van der Waals surface area (Å²) in [5, 5.41) is 18.5. The van der Waals surface area contributed by atoms with Gasteiger partial charge in [0.15, 0.2) is 0 Å². The Morgan fingerprint density at radius 2 is 2.07 bits per heavy atom. The van der Waals surface area contributed by atoms with Gasteiger partial charge >= 0.3 is 5.97 Å². The van der Waals surface area contributed by atoms with Crippen molar-refractivity contribution in [2.75, 3.05) is 6.54 Å². The van der Waals surface area contributed by atoms with E-state index in [1.54, 1.807) is 13.8 Å². The molecule has 2 N–H and O–H groups in total. The molecule has 0 bridgehead atoms. The quantitative estimate of drug-likeness (QED) is 0.705. The lowest BCUT2D eigenvalue weighted by molar-refractivity contribution is -0.145. The number of nitrogens with zero attached hydrogens (tertiary/aromatic N) is 1. The predicted molar refractivity (Wildman–Crippen MR) is 53.1 cm³/mol. The predicted octanol–water partition coefficient (Wildman–Crippen LogP) is 0.695. The normalized spacial score (nSPS) is 28.4. The number of carboxylic acid groups (broad SMARTS) is 1. The lowest BCUT2D eigenvalue weighted by Gasteiger charge is -2.39. The van der Waals surface area contributed by atoms with E-state index in [0.717, 1.165) is 25.8 Å². The van der Waals surface area contributed by atoms with Gasteiger partial charge in [-0.15, -0.1) is 0 Å². The van der Waals surface area contributed by atoms with Gasteiger partial charge in [0.2, 0.25) is 0 Å². The molecule has 0 unspecified atom stereocenters.